The van der Waals surface area contributed by atoms with Crippen LogP contribution < -0.4 is 19.7 Å². The predicted molar refractivity (Wildman–Crippen MR) is 102 cm³/mol. The minimum atomic E-state index is 0.0133. The SMILES string of the molecule is C=CCOc1ccc(C[NH+](C)CC(=O)NCc2ccccc2OC)cc1. The van der Waals surface area contributed by atoms with Gasteiger partial charge in [0, 0.05) is 17.7 Å². The van der Waals surface area contributed by atoms with Crippen LogP contribution in [0.15, 0.2) is 61.2 Å². The molecule has 0 fully saturated rings. The molecule has 1 unspecified atom stereocenters. The van der Waals surface area contributed by atoms with Crippen molar-refractivity contribution in [3.05, 3.63) is 72.3 Å². The number of nitrogens with one attached hydrogen (secondary N) is 2. The van der Waals surface area contributed by atoms with Gasteiger partial charge in [0.1, 0.15) is 24.7 Å². The van der Waals surface area contributed by atoms with Gasteiger partial charge in [-0.3, -0.25) is 4.79 Å². The highest BCUT2D eigenvalue weighted by molar-refractivity contribution is 5.76. The molecule has 0 aliphatic heterocycles. The van der Waals surface area contributed by atoms with Crippen LogP contribution in [-0.4, -0.2) is 33.2 Å². The van der Waals surface area contributed by atoms with E-state index in [9.17, 15) is 4.79 Å². The first-order valence-electron chi connectivity index (χ1n) is 8.65. The van der Waals surface area contributed by atoms with Crippen LogP contribution in [0.3, 0.4) is 0 Å². The molecule has 2 N–H and O–H groups in total. The van der Waals surface area contributed by atoms with Crippen molar-refractivity contribution in [3.8, 4) is 11.5 Å². The maximum atomic E-state index is 12.2. The Kier molecular flexibility index (Phi) is 7.71. The molecule has 2 rings (SSSR count). The molecule has 0 aliphatic rings. The van der Waals surface area contributed by atoms with Crippen LogP contribution in [0.25, 0.3) is 0 Å². The predicted octanol–water partition coefficient (Wildman–Crippen LogP) is 1.59. The number of methoxy groups -OCH3 is 1. The first-order valence-corrected chi connectivity index (χ1v) is 8.65. The zero-order valence-electron chi connectivity index (χ0n) is 15.5. The van der Waals surface area contributed by atoms with E-state index in [-0.39, 0.29) is 5.91 Å². The maximum Gasteiger partial charge on any atom is 0.275 e. The van der Waals surface area contributed by atoms with Crippen molar-refractivity contribution in [2.24, 2.45) is 0 Å². The summed E-state index contributed by atoms with van der Waals surface area (Å²) < 4.78 is 10.8. The number of likely N-dealkylation sites (N-methyl/N-ethyl adjacent to an activating group) is 1. The molecule has 5 heteroatoms. The zero-order valence-corrected chi connectivity index (χ0v) is 15.5. The van der Waals surface area contributed by atoms with Crippen molar-refractivity contribution in [3.63, 3.8) is 0 Å². The van der Waals surface area contributed by atoms with Crippen LogP contribution in [0.4, 0.5) is 0 Å². The number of quaternary nitrogens is 1. The second-order valence-electron chi connectivity index (χ2n) is 6.14. The summed E-state index contributed by atoms with van der Waals surface area (Å²) >= 11 is 0. The molecule has 0 aromatic heterocycles. The van der Waals surface area contributed by atoms with Crippen LogP contribution in [0, 0.1) is 0 Å². The topological polar surface area (TPSA) is 52.0 Å². The first kappa shape index (κ1) is 19.5. The normalized spacial score (nSPS) is 11.5. The average molecular weight is 355 g/mol. The van der Waals surface area contributed by atoms with Crippen LogP contribution >= 0.6 is 0 Å². The Morgan fingerprint density at radius 1 is 1.19 bits per heavy atom. The fourth-order valence-corrected chi connectivity index (χ4v) is 2.65. The summed E-state index contributed by atoms with van der Waals surface area (Å²) in [6.45, 7) is 5.77. The summed E-state index contributed by atoms with van der Waals surface area (Å²) in [5, 5.41) is 2.95. The Balaban J connectivity index is 1.78. The number of amides is 1. The molecule has 0 spiro atoms. The molecule has 2 aromatic carbocycles. The van der Waals surface area contributed by atoms with Gasteiger partial charge in [-0.05, 0) is 30.3 Å². The fourth-order valence-electron chi connectivity index (χ4n) is 2.65. The van der Waals surface area contributed by atoms with Gasteiger partial charge in [0.15, 0.2) is 6.54 Å². The standard InChI is InChI=1S/C21H26N2O3/c1-4-13-26-19-11-9-17(10-12-19)15-23(2)16-21(24)22-14-18-7-5-6-8-20(18)25-3/h4-12H,1,13-16H2,2-3H3,(H,22,24)/p+1. The van der Waals surface area contributed by atoms with E-state index in [2.05, 4.69) is 11.9 Å². The number of benzene rings is 2. The second-order valence-corrected chi connectivity index (χ2v) is 6.14. The zero-order chi connectivity index (χ0) is 18.8. The molecule has 0 aliphatic carbocycles. The van der Waals surface area contributed by atoms with E-state index in [0.29, 0.717) is 19.7 Å². The quantitative estimate of drug-likeness (QED) is 0.637. The Hall–Kier alpha value is -2.79. The van der Waals surface area contributed by atoms with Gasteiger partial charge in [0.05, 0.1) is 14.2 Å². The molecule has 26 heavy (non-hydrogen) atoms. The van der Waals surface area contributed by atoms with Crippen molar-refractivity contribution in [1.29, 1.82) is 0 Å². The van der Waals surface area contributed by atoms with Crippen molar-refractivity contribution < 1.29 is 19.2 Å². The highest BCUT2D eigenvalue weighted by Crippen LogP contribution is 2.16. The highest BCUT2D eigenvalue weighted by atomic mass is 16.5. The molecule has 1 atom stereocenters. The molecule has 0 heterocycles. The smallest absolute Gasteiger partial charge is 0.275 e. The van der Waals surface area contributed by atoms with Crippen molar-refractivity contribution in [2.75, 3.05) is 27.3 Å². The van der Waals surface area contributed by atoms with E-state index < -0.39 is 0 Å². The average Bonchev–Trinajstić information content (AvgIpc) is 2.66. The van der Waals surface area contributed by atoms with Gasteiger partial charge in [-0.15, -0.1) is 0 Å². The van der Waals surface area contributed by atoms with Crippen LogP contribution in [-0.2, 0) is 17.9 Å². The summed E-state index contributed by atoms with van der Waals surface area (Å²) in [6, 6.07) is 15.6. The number of hydrogen-bond acceptors (Lipinski definition) is 3. The number of para-hydroxylation sites is 1. The number of hydrogen-bond donors (Lipinski definition) is 2. The highest BCUT2D eigenvalue weighted by Gasteiger charge is 2.11. The lowest BCUT2D eigenvalue weighted by molar-refractivity contribution is -0.885. The van der Waals surface area contributed by atoms with Gasteiger partial charge in [-0.25, -0.2) is 0 Å². The molecular weight excluding hydrogens is 328 g/mol. The van der Waals surface area contributed by atoms with E-state index in [1.807, 2.05) is 55.6 Å². The summed E-state index contributed by atoms with van der Waals surface area (Å²) in [5.41, 5.74) is 2.13. The molecule has 5 nitrogen and oxygen atoms in total. The number of rotatable bonds is 10. The Labute approximate surface area is 155 Å². The largest absolute Gasteiger partial charge is 0.496 e. The lowest BCUT2D eigenvalue weighted by atomic mass is 10.2. The molecule has 0 bridgehead atoms. The second kappa shape index (κ2) is 10.3. The Morgan fingerprint density at radius 3 is 2.62 bits per heavy atom. The molecule has 0 saturated heterocycles. The minimum Gasteiger partial charge on any atom is -0.496 e. The third kappa shape index (κ3) is 6.26. The molecule has 1 amide bonds. The number of carbonyl (C=O) groups excluding carboxylic acids is 1. The van der Waals surface area contributed by atoms with E-state index in [0.717, 1.165) is 34.1 Å². The van der Waals surface area contributed by atoms with Crippen molar-refractivity contribution in [2.45, 2.75) is 13.1 Å². The number of ether oxygens (including phenoxy) is 2. The summed E-state index contributed by atoms with van der Waals surface area (Å²) in [4.78, 5) is 13.3. The first-order chi connectivity index (χ1) is 12.6. The lowest BCUT2D eigenvalue weighted by Gasteiger charge is -2.15. The van der Waals surface area contributed by atoms with E-state index in [4.69, 9.17) is 9.47 Å². The summed E-state index contributed by atoms with van der Waals surface area (Å²) in [7, 11) is 3.64. The van der Waals surface area contributed by atoms with Gasteiger partial charge in [0.2, 0.25) is 0 Å². The van der Waals surface area contributed by atoms with Gasteiger partial charge >= 0.3 is 0 Å². The van der Waals surface area contributed by atoms with E-state index >= 15 is 0 Å². The van der Waals surface area contributed by atoms with Crippen LogP contribution in [0.1, 0.15) is 11.1 Å². The van der Waals surface area contributed by atoms with Crippen molar-refractivity contribution in [1.82, 2.24) is 5.32 Å². The van der Waals surface area contributed by atoms with Gasteiger partial charge in [-0.1, -0.05) is 30.9 Å². The maximum absolute atomic E-state index is 12.2. The third-order valence-electron chi connectivity index (χ3n) is 3.93. The summed E-state index contributed by atoms with van der Waals surface area (Å²) in [6.07, 6.45) is 1.72. The van der Waals surface area contributed by atoms with Gasteiger partial charge in [-0.2, -0.15) is 0 Å². The Bertz CT molecular complexity index is 713. The molecule has 0 radical (unpaired) electrons. The summed E-state index contributed by atoms with van der Waals surface area (Å²) in [5.74, 6) is 1.62. The molecular formula is C21H27N2O3+. The monoisotopic (exact) mass is 355 g/mol. The van der Waals surface area contributed by atoms with Crippen molar-refractivity contribution >= 4 is 5.91 Å². The molecule has 138 valence electrons. The molecule has 0 saturated carbocycles. The van der Waals surface area contributed by atoms with Gasteiger partial charge in [0.25, 0.3) is 5.91 Å². The van der Waals surface area contributed by atoms with E-state index in [1.54, 1.807) is 13.2 Å². The van der Waals surface area contributed by atoms with Crippen LogP contribution in [0.5, 0.6) is 11.5 Å². The minimum absolute atomic E-state index is 0.0133. The number of carbonyl (C=O) groups is 1. The third-order valence-corrected chi connectivity index (χ3v) is 3.93. The van der Waals surface area contributed by atoms with E-state index in [1.165, 1.54) is 0 Å². The van der Waals surface area contributed by atoms with Crippen LogP contribution in [0.2, 0.25) is 0 Å². The molecule has 2 aromatic rings. The van der Waals surface area contributed by atoms with Gasteiger partial charge < -0.3 is 19.7 Å². The Morgan fingerprint density at radius 2 is 1.92 bits per heavy atom. The fraction of sp³-hybridized carbons (Fsp3) is 0.286. The lowest BCUT2D eigenvalue weighted by Crippen LogP contribution is -3.08.